The largest absolute Gasteiger partial charge is 0.310 e. The van der Waals surface area contributed by atoms with Gasteiger partial charge < -0.3 is 9.47 Å². The average Bonchev–Trinajstić information content (AvgIpc) is 3.96. The first-order valence-electron chi connectivity index (χ1n) is 23.7. The lowest BCUT2D eigenvalue weighted by Gasteiger charge is -2.26. The van der Waals surface area contributed by atoms with Crippen molar-refractivity contribution in [1.29, 1.82) is 0 Å². The molecule has 3 heteroatoms. The van der Waals surface area contributed by atoms with E-state index in [1.165, 1.54) is 113 Å². The van der Waals surface area contributed by atoms with E-state index in [0.29, 0.717) is 0 Å². The van der Waals surface area contributed by atoms with Gasteiger partial charge in [0, 0.05) is 53.7 Å². The van der Waals surface area contributed by atoms with E-state index in [1.54, 1.807) is 0 Å². The molecule has 14 aromatic rings. The standard InChI is InChI=1S/C66H42N2S/c1-3-17-45(18-4-1)67(47-33-35-57-55-27-12-11-25-53(55)51-23-8-7-21-49(51)50-22-9-10-24-52(50)54-26-13-14-28-56(54)59(57)41-47)48-34-38-66-62(42-48)61-40-44(32-37-65(61)69-66)43-31-36-64-60(39-43)58-29-15-16-30-63(58)68(64)46-19-5-2-6-20-46/h1-42H. The van der Waals surface area contributed by atoms with Crippen molar-refractivity contribution in [3.63, 3.8) is 0 Å². The molecule has 0 fully saturated rings. The highest BCUT2D eigenvalue weighted by molar-refractivity contribution is 7.25. The summed E-state index contributed by atoms with van der Waals surface area (Å²) in [6.07, 6.45) is 0. The van der Waals surface area contributed by atoms with Gasteiger partial charge in [-0.3, -0.25) is 0 Å². The van der Waals surface area contributed by atoms with Crippen LogP contribution in [-0.2, 0) is 0 Å². The van der Waals surface area contributed by atoms with Crippen LogP contribution in [0.25, 0.3) is 113 Å². The maximum atomic E-state index is 2.43. The third kappa shape index (κ3) is 6.39. The second kappa shape index (κ2) is 16.0. The second-order valence-corrected chi connectivity index (χ2v) is 19.1. The maximum absolute atomic E-state index is 2.43. The van der Waals surface area contributed by atoms with Crippen LogP contribution in [0.15, 0.2) is 255 Å². The van der Waals surface area contributed by atoms with Gasteiger partial charge in [-0.15, -0.1) is 11.3 Å². The number of aromatic nitrogens is 1. The van der Waals surface area contributed by atoms with Gasteiger partial charge in [-0.25, -0.2) is 0 Å². The number of anilines is 3. The minimum Gasteiger partial charge on any atom is -0.310 e. The van der Waals surface area contributed by atoms with E-state index in [1.807, 2.05) is 11.3 Å². The molecular weight excluding hydrogens is 853 g/mol. The molecule has 0 aliphatic heterocycles. The third-order valence-corrected chi connectivity index (χ3v) is 15.3. The Hall–Kier alpha value is -8.76. The molecule has 0 N–H and O–H groups in total. The van der Waals surface area contributed by atoms with E-state index in [2.05, 4.69) is 264 Å². The predicted octanol–water partition coefficient (Wildman–Crippen LogP) is 19.2. The molecule has 2 nitrogen and oxygen atoms in total. The Balaban J connectivity index is 0.981. The summed E-state index contributed by atoms with van der Waals surface area (Å²) in [5, 5.41) is 17.2. The molecule has 0 unspecified atom stereocenters. The Bertz CT molecular complexity index is 4360. The van der Waals surface area contributed by atoms with Gasteiger partial charge in [-0.05, 0) is 150 Å². The van der Waals surface area contributed by atoms with Crippen LogP contribution in [0.1, 0.15) is 0 Å². The minimum atomic E-state index is 1.10. The van der Waals surface area contributed by atoms with Gasteiger partial charge in [0.05, 0.1) is 11.0 Å². The van der Waals surface area contributed by atoms with Gasteiger partial charge in [0.2, 0.25) is 0 Å². The van der Waals surface area contributed by atoms with Gasteiger partial charge in [-0.2, -0.15) is 0 Å². The van der Waals surface area contributed by atoms with E-state index < -0.39 is 0 Å². The van der Waals surface area contributed by atoms with Crippen LogP contribution in [0.2, 0.25) is 0 Å². The molecule has 2 aromatic heterocycles. The van der Waals surface area contributed by atoms with Crippen molar-refractivity contribution in [2.45, 2.75) is 0 Å². The Morgan fingerprint density at radius 2 is 0.638 bits per heavy atom. The summed E-state index contributed by atoms with van der Waals surface area (Å²) in [6.45, 7) is 0. The molecule has 0 bridgehead atoms. The Kier molecular flexibility index (Phi) is 9.11. The second-order valence-electron chi connectivity index (χ2n) is 18.0. The van der Waals surface area contributed by atoms with Crippen LogP contribution in [0.4, 0.5) is 17.1 Å². The molecule has 0 aliphatic rings. The summed E-state index contributed by atoms with van der Waals surface area (Å²) in [5.41, 5.74) is 9.33. The van der Waals surface area contributed by atoms with Crippen molar-refractivity contribution in [1.82, 2.24) is 4.57 Å². The third-order valence-electron chi connectivity index (χ3n) is 14.2. The van der Waals surface area contributed by atoms with Crippen LogP contribution in [0.3, 0.4) is 0 Å². The summed E-state index contributed by atoms with van der Waals surface area (Å²) in [7, 11) is 0. The van der Waals surface area contributed by atoms with Gasteiger partial charge >= 0.3 is 0 Å². The normalized spacial score (nSPS) is 11.8. The molecule has 0 spiro atoms. The molecule has 0 atom stereocenters. The highest BCUT2D eigenvalue weighted by atomic mass is 32.1. The molecule has 0 radical (unpaired) electrons. The maximum Gasteiger partial charge on any atom is 0.0541 e. The van der Waals surface area contributed by atoms with Gasteiger partial charge in [0.25, 0.3) is 0 Å². The van der Waals surface area contributed by atoms with Crippen LogP contribution < -0.4 is 4.90 Å². The first kappa shape index (κ1) is 39.4. The number of fused-ring (bicyclic) bond motifs is 16. The first-order chi connectivity index (χ1) is 34.2. The molecule has 12 aromatic carbocycles. The molecule has 14 rings (SSSR count). The fourth-order valence-corrected chi connectivity index (χ4v) is 12.1. The van der Waals surface area contributed by atoms with Crippen molar-refractivity contribution in [3.05, 3.63) is 255 Å². The first-order valence-corrected chi connectivity index (χ1v) is 24.5. The zero-order chi connectivity index (χ0) is 45.4. The summed E-state index contributed by atoms with van der Waals surface area (Å²) in [4.78, 5) is 2.43. The van der Waals surface area contributed by atoms with E-state index in [9.17, 15) is 0 Å². The lowest BCUT2D eigenvalue weighted by molar-refractivity contribution is 1.18. The highest BCUT2D eigenvalue weighted by Crippen LogP contribution is 2.44. The quantitative estimate of drug-likeness (QED) is 0.167. The number of hydrogen-bond donors (Lipinski definition) is 0. The molecule has 0 saturated carbocycles. The lowest BCUT2D eigenvalue weighted by atomic mass is 9.94. The Morgan fingerprint density at radius 3 is 1.22 bits per heavy atom. The molecule has 0 amide bonds. The number of benzene rings is 11. The van der Waals surface area contributed by atoms with Crippen LogP contribution >= 0.6 is 11.3 Å². The SMILES string of the molecule is c1ccc(N(c2ccc3sc4ccc(-c5ccc6c(c5)c5ccccc5n6-c5ccccc5)cc4c3c2)c2ccc3c4ccccc4c4ccccc4c4ccccc4c4ccccc4c3c2)cc1. The summed E-state index contributed by atoms with van der Waals surface area (Å²) < 4.78 is 4.94. The van der Waals surface area contributed by atoms with Gasteiger partial charge in [-0.1, -0.05) is 170 Å². The Morgan fingerprint density at radius 1 is 0.246 bits per heavy atom. The highest BCUT2D eigenvalue weighted by Gasteiger charge is 2.18. The zero-order valence-electron chi connectivity index (χ0n) is 37.6. The van der Waals surface area contributed by atoms with E-state index in [-0.39, 0.29) is 0 Å². The number of hydrogen-bond acceptors (Lipinski definition) is 2. The monoisotopic (exact) mass is 894 g/mol. The molecule has 0 saturated heterocycles. The smallest absolute Gasteiger partial charge is 0.0541 e. The van der Waals surface area contributed by atoms with Crippen molar-refractivity contribution < 1.29 is 0 Å². The zero-order valence-corrected chi connectivity index (χ0v) is 38.4. The topological polar surface area (TPSA) is 8.17 Å². The number of para-hydroxylation sites is 3. The summed E-state index contributed by atoms with van der Waals surface area (Å²) in [5.74, 6) is 0. The predicted molar refractivity (Wildman–Crippen MR) is 299 cm³/mol. The molecule has 69 heavy (non-hydrogen) atoms. The van der Waals surface area contributed by atoms with Gasteiger partial charge in [0.15, 0.2) is 0 Å². The molecule has 322 valence electrons. The fraction of sp³-hybridized carbons (Fsp3) is 0. The molecule has 2 heterocycles. The number of nitrogens with zero attached hydrogens (tertiary/aromatic N) is 2. The minimum absolute atomic E-state index is 1.10. The van der Waals surface area contributed by atoms with Crippen molar-refractivity contribution in [3.8, 4) is 16.8 Å². The van der Waals surface area contributed by atoms with Crippen LogP contribution in [0, 0.1) is 0 Å². The molecular formula is C66H42N2S. The van der Waals surface area contributed by atoms with E-state index in [4.69, 9.17) is 0 Å². The van der Waals surface area contributed by atoms with E-state index >= 15 is 0 Å². The summed E-state index contributed by atoms with van der Waals surface area (Å²) in [6, 6.07) is 94.0. The van der Waals surface area contributed by atoms with Crippen molar-refractivity contribution in [2.75, 3.05) is 4.90 Å². The number of thiophene rings is 1. The summed E-state index contributed by atoms with van der Waals surface area (Å²) >= 11 is 1.86. The average molecular weight is 895 g/mol. The number of rotatable bonds is 5. The van der Waals surface area contributed by atoms with Crippen LogP contribution in [-0.4, -0.2) is 4.57 Å². The molecule has 0 aliphatic carbocycles. The van der Waals surface area contributed by atoms with Crippen molar-refractivity contribution >= 4 is 124 Å². The fourth-order valence-electron chi connectivity index (χ4n) is 11.1. The van der Waals surface area contributed by atoms with Gasteiger partial charge in [0.1, 0.15) is 0 Å². The lowest BCUT2D eigenvalue weighted by Crippen LogP contribution is -2.09. The Labute approximate surface area is 403 Å². The van der Waals surface area contributed by atoms with Crippen LogP contribution in [0.5, 0.6) is 0 Å². The van der Waals surface area contributed by atoms with E-state index in [0.717, 1.165) is 17.1 Å². The van der Waals surface area contributed by atoms with Crippen molar-refractivity contribution in [2.24, 2.45) is 0 Å².